The van der Waals surface area contributed by atoms with E-state index < -0.39 is 17.2 Å². The van der Waals surface area contributed by atoms with Crippen molar-refractivity contribution in [3.8, 4) is 23.1 Å². The molecule has 0 atom stereocenters. The summed E-state index contributed by atoms with van der Waals surface area (Å²) in [5, 5.41) is 10.0. The zero-order valence-corrected chi connectivity index (χ0v) is 20.2. The van der Waals surface area contributed by atoms with Crippen LogP contribution in [0.3, 0.4) is 0 Å². The van der Waals surface area contributed by atoms with Crippen molar-refractivity contribution in [2.45, 2.75) is 45.4 Å². The Morgan fingerprint density at radius 3 is 2.39 bits per heavy atom. The van der Waals surface area contributed by atoms with Crippen molar-refractivity contribution in [2.75, 3.05) is 6.61 Å². The third-order valence-electron chi connectivity index (χ3n) is 6.23. The number of aromatic nitrogens is 1. The molecule has 0 radical (unpaired) electrons. The van der Waals surface area contributed by atoms with Gasteiger partial charge in [0.05, 0.1) is 18.5 Å². The number of halogens is 3. The average Bonchev–Trinajstić information content (AvgIpc) is 2.88. The molecule has 3 aromatic carbocycles. The number of aryl methyl sites for hydroxylation is 2. The Morgan fingerprint density at radius 1 is 0.889 bits per heavy atom. The first kappa shape index (κ1) is 25.2. The van der Waals surface area contributed by atoms with Gasteiger partial charge in [-0.05, 0) is 66.1 Å². The molecule has 0 aliphatic heterocycles. The van der Waals surface area contributed by atoms with Gasteiger partial charge in [0.2, 0.25) is 0 Å². The number of pyridine rings is 1. The summed E-state index contributed by atoms with van der Waals surface area (Å²) < 4.78 is 48.7. The molecule has 4 rings (SSSR count). The van der Waals surface area contributed by atoms with Gasteiger partial charge in [0, 0.05) is 10.9 Å². The number of unbranched alkanes of at least 4 members (excludes halogenated alkanes) is 3. The van der Waals surface area contributed by atoms with Gasteiger partial charge in [-0.1, -0.05) is 50.5 Å². The Balaban J connectivity index is 1.45. The first-order valence-electron chi connectivity index (χ1n) is 12.2. The standard InChI is InChI=1S/C30H27F3N2O/c1-2-3-4-5-14-36-24-11-13-29(35-19-24)23-10-12-25-22(17-23)9-8-21(30(25)33)7-6-20-15-27(31)26(18-34)28(32)16-20/h8-13,15-17,19H,2-7,14H2,1H3. The molecule has 1 heterocycles. The minimum absolute atomic E-state index is 0.247. The number of benzene rings is 3. The summed E-state index contributed by atoms with van der Waals surface area (Å²) in [5.74, 6) is -1.43. The highest BCUT2D eigenvalue weighted by atomic mass is 19.1. The smallest absolute Gasteiger partial charge is 0.144 e. The van der Waals surface area contributed by atoms with Gasteiger partial charge in [-0.15, -0.1) is 0 Å². The molecule has 0 unspecified atom stereocenters. The van der Waals surface area contributed by atoms with Crippen LogP contribution < -0.4 is 4.74 Å². The van der Waals surface area contributed by atoms with E-state index in [2.05, 4.69) is 11.9 Å². The van der Waals surface area contributed by atoms with Gasteiger partial charge >= 0.3 is 0 Å². The number of hydrogen-bond acceptors (Lipinski definition) is 3. The minimum atomic E-state index is -0.904. The lowest BCUT2D eigenvalue weighted by Crippen LogP contribution is -1.99. The third-order valence-corrected chi connectivity index (χ3v) is 6.23. The lowest BCUT2D eigenvalue weighted by molar-refractivity contribution is 0.304. The lowest BCUT2D eigenvalue weighted by atomic mass is 9.98. The number of nitriles is 1. The van der Waals surface area contributed by atoms with E-state index in [0.717, 1.165) is 47.4 Å². The van der Waals surface area contributed by atoms with E-state index >= 15 is 4.39 Å². The molecule has 0 spiro atoms. The molecule has 1 aromatic heterocycles. The van der Waals surface area contributed by atoms with E-state index in [1.807, 2.05) is 30.3 Å². The topological polar surface area (TPSA) is 45.9 Å². The predicted molar refractivity (Wildman–Crippen MR) is 135 cm³/mol. The molecule has 4 aromatic rings. The summed E-state index contributed by atoms with van der Waals surface area (Å²) in [6, 6.07) is 16.5. The van der Waals surface area contributed by atoms with E-state index in [9.17, 15) is 8.78 Å². The van der Waals surface area contributed by atoms with Crippen molar-refractivity contribution in [1.29, 1.82) is 5.26 Å². The van der Waals surface area contributed by atoms with Crippen LogP contribution in [0.2, 0.25) is 0 Å². The fourth-order valence-corrected chi connectivity index (χ4v) is 4.20. The van der Waals surface area contributed by atoms with Gasteiger partial charge < -0.3 is 4.74 Å². The van der Waals surface area contributed by atoms with E-state index in [1.54, 1.807) is 18.3 Å². The summed E-state index contributed by atoms with van der Waals surface area (Å²) in [6.45, 7) is 2.85. The van der Waals surface area contributed by atoms with Gasteiger partial charge in [-0.2, -0.15) is 5.26 Å². The molecule has 0 N–H and O–H groups in total. The van der Waals surface area contributed by atoms with Gasteiger partial charge in [0.25, 0.3) is 0 Å². The van der Waals surface area contributed by atoms with Gasteiger partial charge in [0.1, 0.15) is 34.8 Å². The van der Waals surface area contributed by atoms with Crippen LogP contribution in [0.1, 0.15) is 49.3 Å². The monoisotopic (exact) mass is 488 g/mol. The zero-order valence-electron chi connectivity index (χ0n) is 20.2. The number of rotatable bonds is 10. The Morgan fingerprint density at radius 2 is 1.69 bits per heavy atom. The Bertz CT molecular complexity index is 1370. The Kier molecular flexibility index (Phi) is 8.22. The summed E-state index contributed by atoms with van der Waals surface area (Å²) >= 11 is 0. The number of ether oxygens (including phenoxy) is 1. The maximum atomic E-state index is 15.2. The second-order valence-corrected chi connectivity index (χ2v) is 8.81. The fourth-order valence-electron chi connectivity index (χ4n) is 4.20. The van der Waals surface area contributed by atoms with E-state index in [1.165, 1.54) is 18.9 Å². The summed E-state index contributed by atoms with van der Waals surface area (Å²) in [4.78, 5) is 4.50. The molecule has 0 bridgehead atoms. The number of hydrogen-bond donors (Lipinski definition) is 0. The van der Waals surface area contributed by atoms with Crippen molar-refractivity contribution in [3.05, 3.63) is 94.9 Å². The molecule has 3 nitrogen and oxygen atoms in total. The number of fused-ring (bicyclic) bond motifs is 1. The second kappa shape index (κ2) is 11.7. The molecule has 0 fully saturated rings. The van der Waals surface area contributed by atoms with Gasteiger partial charge in [-0.25, -0.2) is 13.2 Å². The van der Waals surface area contributed by atoms with Crippen molar-refractivity contribution in [1.82, 2.24) is 4.98 Å². The van der Waals surface area contributed by atoms with Crippen LogP contribution in [0.25, 0.3) is 22.0 Å². The molecule has 6 heteroatoms. The van der Waals surface area contributed by atoms with Crippen molar-refractivity contribution < 1.29 is 17.9 Å². The maximum Gasteiger partial charge on any atom is 0.144 e. The molecular weight excluding hydrogens is 461 g/mol. The first-order valence-corrected chi connectivity index (χ1v) is 12.2. The summed E-state index contributed by atoms with van der Waals surface area (Å²) in [6.07, 6.45) is 6.81. The van der Waals surface area contributed by atoms with Crippen molar-refractivity contribution >= 4 is 10.8 Å². The molecule has 0 aliphatic carbocycles. The largest absolute Gasteiger partial charge is 0.492 e. The quantitative estimate of drug-likeness (QED) is 0.213. The highest BCUT2D eigenvalue weighted by Crippen LogP contribution is 2.28. The molecule has 184 valence electrons. The molecule has 0 saturated carbocycles. The van der Waals surface area contributed by atoms with Crippen molar-refractivity contribution in [2.24, 2.45) is 0 Å². The minimum Gasteiger partial charge on any atom is -0.492 e. The Hall–Kier alpha value is -3.85. The van der Waals surface area contributed by atoms with Gasteiger partial charge in [0.15, 0.2) is 0 Å². The second-order valence-electron chi connectivity index (χ2n) is 8.81. The van der Waals surface area contributed by atoms with Crippen molar-refractivity contribution in [3.63, 3.8) is 0 Å². The SMILES string of the molecule is CCCCCCOc1ccc(-c2ccc3c(F)c(CCc4cc(F)c(C#N)c(F)c4)ccc3c2)nc1. The van der Waals surface area contributed by atoms with Crippen LogP contribution in [0, 0.1) is 28.8 Å². The maximum absolute atomic E-state index is 15.2. The van der Waals surface area contributed by atoms with Crippen LogP contribution in [-0.2, 0) is 12.8 Å². The highest BCUT2D eigenvalue weighted by molar-refractivity contribution is 5.88. The van der Waals surface area contributed by atoms with E-state index in [0.29, 0.717) is 23.1 Å². The average molecular weight is 489 g/mol. The number of nitrogens with zero attached hydrogens (tertiary/aromatic N) is 2. The van der Waals surface area contributed by atoms with E-state index in [-0.39, 0.29) is 18.7 Å². The van der Waals surface area contributed by atoms with Crippen LogP contribution in [0.5, 0.6) is 5.75 Å². The Labute approximate surface area is 209 Å². The fraction of sp³-hybridized carbons (Fsp3) is 0.267. The highest BCUT2D eigenvalue weighted by Gasteiger charge is 2.13. The molecule has 36 heavy (non-hydrogen) atoms. The third kappa shape index (κ3) is 5.85. The van der Waals surface area contributed by atoms with Crippen LogP contribution in [0.15, 0.2) is 60.8 Å². The molecule has 0 aliphatic rings. The lowest BCUT2D eigenvalue weighted by Gasteiger charge is -2.10. The first-order chi connectivity index (χ1) is 17.5. The van der Waals surface area contributed by atoms with E-state index in [4.69, 9.17) is 10.00 Å². The molecule has 0 saturated heterocycles. The van der Waals surface area contributed by atoms with Gasteiger partial charge in [-0.3, -0.25) is 4.98 Å². The molecule has 0 amide bonds. The summed E-state index contributed by atoms with van der Waals surface area (Å²) in [7, 11) is 0. The summed E-state index contributed by atoms with van der Waals surface area (Å²) in [5.41, 5.74) is 1.86. The molecular formula is C30H27F3N2O. The van der Waals surface area contributed by atoms with Crippen LogP contribution in [-0.4, -0.2) is 11.6 Å². The normalized spacial score (nSPS) is 11.0. The zero-order chi connectivity index (χ0) is 25.5. The predicted octanol–water partition coefficient (Wildman–Crippen LogP) is 7.94. The van der Waals surface area contributed by atoms with Crippen LogP contribution >= 0.6 is 0 Å². The van der Waals surface area contributed by atoms with Crippen LogP contribution in [0.4, 0.5) is 13.2 Å².